The van der Waals surface area contributed by atoms with Crippen molar-refractivity contribution in [3.8, 4) is 0 Å². The first-order chi connectivity index (χ1) is 14.1. The van der Waals surface area contributed by atoms with Gasteiger partial charge in [0.1, 0.15) is 5.78 Å². The number of Topliss-reactive ketones (excluding diaryl/α,β-unsaturated/α-hetero) is 1. The molecule has 4 rings (SSSR count). The molecule has 0 unspecified atom stereocenters. The van der Waals surface area contributed by atoms with E-state index < -0.39 is 0 Å². The Morgan fingerprint density at radius 1 is 1.07 bits per heavy atom. The number of ketones is 1. The fourth-order valence-corrected chi connectivity index (χ4v) is 5.68. The Hall–Kier alpha value is -1.68. The van der Waals surface area contributed by atoms with Gasteiger partial charge in [-0.3, -0.25) is 9.59 Å². The predicted molar refractivity (Wildman–Crippen MR) is 116 cm³/mol. The molecule has 0 aromatic heterocycles. The summed E-state index contributed by atoms with van der Waals surface area (Å²) < 4.78 is 0. The molecule has 1 N–H and O–H groups in total. The number of hydrogen-bond donors (Lipinski definition) is 1. The molecular formula is C25H36N2O2. The van der Waals surface area contributed by atoms with Crippen LogP contribution in [0.3, 0.4) is 0 Å². The molecule has 0 radical (unpaired) electrons. The number of nitrogens with one attached hydrogen (secondary N) is 1. The minimum absolute atomic E-state index is 0.136. The zero-order valence-electron chi connectivity index (χ0n) is 17.9. The van der Waals surface area contributed by atoms with E-state index in [1.165, 1.54) is 50.8 Å². The number of carbonyl (C=O) groups excluding carboxylic acids is 2. The normalized spacial score (nSPS) is 28.7. The molecule has 2 heterocycles. The van der Waals surface area contributed by atoms with Gasteiger partial charge in [0.15, 0.2) is 0 Å². The summed E-state index contributed by atoms with van der Waals surface area (Å²) in [6.45, 7) is 5.29. The maximum absolute atomic E-state index is 12.8. The van der Waals surface area contributed by atoms with E-state index in [0.717, 1.165) is 37.8 Å². The van der Waals surface area contributed by atoms with Gasteiger partial charge in [0.05, 0.1) is 5.92 Å². The Kier molecular flexibility index (Phi) is 6.69. The average molecular weight is 397 g/mol. The first-order valence-corrected chi connectivity index (χ1v) is 11.7. The number of piperidine rings is 2. The monoisotopic (exact) mass is 396 g/mol. The third-order valence-corrected chi connectivity index (χ3v) is 7.55. The molecule has 1 saturated carbocycles. The third kappa shape index (κ3) is 4.91. The molecular weight excluding hydrogens is 360 g/mol. The van der Waals surface area contributed by atoms with E-state index in [2.05, 4.69) is 34.5 Å². The summed E-state index contributed by atoms with van der Waals surface area (Å²) in [4.78, 5) is 27.3. The molecule has 1 aromatic rings. The van der Waals surface area contributed by atoms with Gasteiger partial charge in [-0.2, -0.15) is 0 Å². The number of carbonyl (C=O) groups is 2. The second-order valence-electron chi connectivity index (χ2n) is 9.47. The predicted octanol–water partition coefficient (Wildman–Crippen LogP) is 4.08. The van der Waals surface area contributed by atoms with Crippen LogP contribution in [-0.4, -0.2) is 42.3 Å². The van der Waals surface area contributed by atoms with Gasteiger partial charge < -0.3 is 10.2 Å². The molecule has 0 bridgehead atoms. The Morgan fingerprint density at radius 3 is 2.62 bits per heavy atom. The molecule has 1 aliphatic carbocycles. The fraction of sp³-hybridized carbons (Fsp3) is 0.680. The van der Waals surface area contributed by atoms with Crippen LogP contribution in [0.4, 0.5) is 0 Å². The van der Waals surface area contributed by atoms with Crippen molar-refractivity contribution in [2.45, 2.75) is 76.7 Å². The summed E-state index contributed by atoms with van der Waals surface area (Å²) in [5.74, 6) is 1.23. The summed E-state index contributed by atoms with van der Waals surface area (Å²) >= 11 is 0. The second kappa shape index (κ2) is 9.42. The van der Waals surface area contributed by atoms with Crippen molar-refractivity contribution in [3.63, 3.8) is 0 Å². The highest BCUT2D eigenvalue weighted by Gasteiger charge is 2.33. The topological polar surface area (TPSA) is 49.4 Å². The van der Waals surface area contributed by atoms with Gasteiger partial charge in [-0.05, 0) is 82.0 Å². The maximum Gasteiger partial charge on any atom is 0.227 e. The van der Waals surface area contributed by atoms with E-state index in [1.807, 2.05) is 6.92 Å². The molecule has 2 saturated heterocycles. The number of benzene rings is 1. The Bertz CT molecular complexity index is 712. The van der Waals surface area contributed by atoms with Crippen molar-refractivity contribution in [2.24, 2.45) is 11.8 Å². The zero-order chi connectivity index (χ0) is 20.2. The average Bonchev–Trinajstić information content (AvgIpc) is 3.16. The van der Waals surface area contributed by atoms with Crippen LogP contribution < -0.4 is 5.32 Å². The van der Waals surface area contributed by atoms with E-state index in [0.29, 0.717) is 17.7 Å². The maximum atomic E-state index is 12.8. The molecule has 4 nitrogen and oxygen atoms in total. The van der Waals surface area contributed by atoms with Gasteiger partial charge in [0.25, 0.3) is 0 Å². The van der Waals surface area contributed by atoms with Crippen molar-refractivity contribution in [1.82, 2.24) is 10.2 Å². The van der Waals surface area contributed by atoms with E-state index in [-0.39, 0.29) is 17.7 Å². The van der Waals surface area contributed by atoms with Crippen molar-refractivity contribution >= 4 is 11.7 Å². The largest absolute Gasteiger partial charge is 0.355 e. The molecule has 2 aliphatic heterocycles. The summed E-state index contributed by atoms with van der Waals surface area (Å²) in [5.41, 5.74) is 2.27. The Labute approximate surface area is 175 Å². The Morgan fingerprint density at radius 2 is 1.86 bits per heavy atom. The van der Waals surface area contributed by atoms with Crippen molar-refractivity contribution in [2.75, 3.05) is 19.6 Å². The minimum Gasteiger partial charge on any atom is -0.355 e. The van der Waals surface area contributed by atoms with Crippen LogP contribution >= 0.6 is 0 Å². The lowest BCUT2D eigenvalue weighted by Crippen LogP contribution is -2.51. The number of amides is 1. The first-order valence-electron chi connectivity index (χ1n) is 11.7. The van der Waals surface area contributed by atoms with E-state index in [4.69, 9.17) is 0 Å². The number of hydrogen-bond acceptors (Lipinski definition) is 3. The fourth-order valence-electron chi connectivity index (χ4n) is 5.68. The van der Waals surface area contributed by atoms with Gasteiger partial charge in [-0.15, -0.1) is 0 Å². The molecule has 4 atom stereocenters. The summed E-state index contributed by atoms with van der Waals surface area (Å²) in [6.07, 6.45) is 10.1. The van der Waals surface area contributed by atoms with E-state index >= 15 is 0 Å². The molecule has 1 amide bonds. The van der Waals surface area contributed by atoms with Crippen LogP contribution in [0.2, 0.25) is 0 Å². The van der Waals surface area contributed by atoms with Crippen molar-refractivity contribution in [3.05, 3.63) is 35.4 Å². The molecule has 4 heteroatoms. The second-order valence-corrected chi connectivity index (χ2v) is 9.47. The van der Waals surface area contributed by atoms with Crippen LogP contribution in [0.1, 0.15) is 75.3 Å². The molecule has 0 spiro atoms. The van der Waals surface area contributed by atoms with Crippen LogP contribution in [0.15, 0.2) is 24.3 Å². The smallest absolute Gasteiger partial charge is 0.227 e. The van der Waals surface area contributed by atoms with Gasteiger partial charge in [-0.25, -0.2) is 0 Å². The van der Waals surface area contributed by atoms with Gasteiger partial charge in [-0.1, -0.05) is 30.7 Å². The van der Waals surface area contributed by atoms with Crippen LogP contribution in [0.25, 0.3) is 0 Å². The number of nitrogens with zero attached hydrogens (tertiary/aromatic N) is 1. The number of fused-ring (bicyclic) bond motifs is 1. The van der Waals surface area contributed by atoms with Crippen LogP contribution in [0.5, 0.6) is 0 Å². The SMILES string of the molecule is C[C@@H](C(=O)NC[C@@H]1CCCN2CCCC[C@H]12)c1ccc(C[C@@H]2CCCC2=O)cc1. The summed E-state index contributed by atoms with van der Waals surface area (Å²) in [5, 5.41) is 3.25. The lowest BCUT2D eigenvalue weighted by molar-refractivity contribution is -0.122. The lowest BCUT2D eigenvalue weighted by Gasteiger charge is -2.44. The van der Waals surface area contributed by atoms with Crippen LogP contribution in [-0.2, 0) is 16.0 Å². The van der Waals surface area contributed by atoms with E-state index in [9.17, 15) is 9.59 Å². The number of rotatable bonds is 6. The lowest BCUT2D eigenvalue weighted by atomic mass is 9.83. The van der Waals surface area contributed by atoms with Crippen molar-refractivity contribution in [1.29, 1.82) is 0 Å². The standard InChI is InChI=1S/C25H36N2O2/c1-18(20-12-10-19(11-13-20)16-21-6-4-9-24(21)28)25(29)26-17-22-7-5-15-27-14-3-2-8-23(22)27/h10-13,18,21-23H,2-9,14-17H2,1H3,(H,26,29)/t18-,21+,22+,23-/m1/s1. The van der Waals surface area contributed by atoms with Gasteiger partial charge >= 0.3 is 0 Å². The quantitative estimate of drug-likeness (QED) is 0.788. The van der Waals surface area contributed by atoms with Crippen molar-refractivity contribution < 1.29 is 9.59 Å². The summed E-state index contributed by atoms with van der Waals surface area (Å²) in [6, 6.07) is 9.02. The first kappa shape index (κ1) is 20.6. The Balaban J connectivity index is 1.29. The zero-order valence-corrected chi connectivity index (χ0v) is 17.9. The summed E-state index contributed by atoms with van der Waals surface area (Å²) in [7, 11) is 0. The molecule has 3 fully saturated rings. The molecule has 158 valence electrons. The van der Waals surface area contributed by atoms with Gasteiger partial charge in [0, 0.05) is 24.9 Å². The third-order valence-electron chi connectivity index (χ3n) is 7.55. The van der Waals surface area contributed by atoms with Gasteiger partial charge in [0.2, 0.25) is 5.91 Å². The highest BCUT2D eigenvalue weighted by atomic mass is 16.1. The molecule has 1 aromatic carbocycles. The minimum atomic E-state index is -0.136. The highest BCUT2D eigenvalue weighted by molar-refractivity contribution is 5.83. The molecule has 3 aliphatic rings. The van der Waals surface area contributed by atoms with Crippen LogP contribution in [0, 0.1) is 11.8 Å². The highest BCUT2D eigenvalue weighted by Crippen LogP contribution is 2.31. The molecule has 29 heavy (non-hydrogen) atoms. The van der Waals surface area contributed by atoms with E-state index in [1.54, 1.807) is 0 Å².